The van der Waals surface area contributed by atoms with Crippen LogP contribution in [0, 0.1) is 11.3 Å². The second-order valence-electron chi connectivity index (χ2n) is 7.23. The van der Waals surface area contributed by atoms with Gasteiger partial charge in [-0.3, -0.25) is 4.90 Å². The molecule has 2 nitrogen and oxygen atoms in total. The summed E-state index contributed by atoms with van der Waals surface area (Å²) in [6.45, 7) is 4.94. The Kier molecular flexibility index (Phi) is 3.68. The van der Waals surface area contributed by atoms with Gasteiger partial charge >= 0.3 is 0 Å². The van der Waals surface area contributed by atoms with Gasteiger partial charge in [-0.1, -0.05) is 19.8 Å². The molecule has 2 aliphatic carbocycles. The molecular weight excluding hydrogens is 222 g/mol. The molecule has 0 aromatic heterocycles. The Morgan fingerprint density at radius 1 is 1.00 bits per heavy atom. The molecule has 2 atom stereocenters. The topological polar surface area (TPSA) is 23.5 Å². The number of aliphatic hydroxyl groups excluding tert-OH is 1. The molecular formula is C16H29NO. The summed E-state index contributed by atoms with van der Waals surface area (Å²) in [5.41, 5.74) is 0.583. The van der Waals surface area contributed by atoms with E-state index in [1.807, 2.05) is 0 Å². The minimum Gasteiger partial charge on any atom is -0.393 e. The summed E-state index contributed by atoms with van der Waals surface area (Å²) in [5.74, 6) is 0.911. The molecule has 1 spiro atoms. The van der Waals surface area contributed by atoms with Crippen LogP contribution in [0.15, 0.2) is 0 Å². The van der Waals surface area contributed by atoms with Crippen LogP contribution in [0.4, 0.5) is 0 Å². The minimum atomic E-state index is -0.0272. The van der Waals surface area contributed by atoms with Crippen molar-refractivity contribution < 1.29 is 5.11 Å². The average molecular weight is 251 g/mol. The van der Waals surface area contributed by atoms with E-state index in [9.17, 15) is 5.11 Å². The van der Waals surface area contributed by atoms with Crippen molar-refractivity contribution in [2.45, 2.75) is 76.9 Å². The van der Waals surface area contributed by atoms with Crippen LogP contribution in [0.1, 0.15) is 64.7 Å². The number of hydrogen-bond donors (Lipinski definition) is 1. The van der Waals surface area contributed by atoms with Gasteiger partial charge in [0, 0.05) is 6.04 Å². The maximum absolute atomic E-state index is 10.1. The first-order valence-corrected chi connectivity index (χ1v) is 8.12. The van der Waals surface area contributed by atoms with Crippen LogP contribution in [-0.4, -0.2) is 35.2 Å². The summed E-state index contributed by atoms with van der Waals surface area (Å²) >= 11 is 0. The third kappa shape index (κ3) is 2.34. The fourth-order valence-corrected chi connectivity index (χ4v) is 4.79. The van der Waals surface area contributed by atoms with Gasteiger partial charge in [0.1, 0.15) is 0 Å². The number of nitrogens with zero attached hydrogens (tertiary/aromatic N) is 1. The summed E-state index contributed by atoms with van der Waals surface area (Å²) in [7, 11) is 0. The van der Waals surface area contributed by atoms with E-state index in [0.717, 1.165) is 18.8 Å². The third-order valence-electron chi connectivity index (χ3n) is 6.04. The minimum absolute atomic E-state index is 0.0272. The van der Waals surface area contributed by atoms with Gasteiger partial charge in [-0.15, -0.1) is 0 Å². The van der Waals surface area contributed by atoms with Gasteiger partial charge < -0.3 is 5.11 Å². The second-order valence-corrected chi connectivity index (χ2v) is 7.23. The Hall–Kier alpha value is -0.0800. The molecule has 0 aromatic rings. The first-order valence-electron chi connectivity index (χ1n) is 8.12. The number of piperidine rings is 1. The van der Waals surface area contributed by atoms with Crippen molar-refractivity contribution in [2.24, 2.45) is 11.3 Å². The van der Waals surface area contributed by atoms with Crippen molar-refractivity contribution in [3.05, 3.63) is 0 Å². The van der Waals surface area contributed by atoms with Crippen molar-refractivity contribution in [2.75, 3.05) is 13.1 Å². The van der Waals surface area contributed by atoms with Gasteiger partial charge in [0.05, 0.1) is 6.10 Å². The molecule has 3 fully saturated rings. The lowest BCUT2D eigenvalue weighted by molar-refractivity contribution is -0.0369. The van der Waals surface area contributed by atoms with Crippen LogP contribution in [0.25, 0.3) is 0 Å². The molecule has 0 bridgehead atoms. The highest BCUT2D eigenvalue weighted by Gasteiger charge is 2.47. The molecule has 2 unspecified atom stereocenters. The lowest BCUT2D eigenvalue weighted by Crippen LogP contribution is -2.53. The molecule has 3 rings (SSSR count). The Balaban J connectivity index is 1.73. The number of likely N-dealkylation sites (tertiary alicyclic amines) is 1. The van der Waals surface area contributed by atoms with E-state index in [0.29, 0.717) is 11.5 Å². The van der Waals surface area contributed by atoms with Crippen LogP contribution in [0.2, 0.25) is 0 Å². The van der Waals surface area contributed by atoms with Crippen molar-refractivity contribution in [3.8, 4) is 0 Å². The van der Waals surface area contributed by atoms with Crippen LogP contribution >= 0.6 is 0 Å². The molecule has 1 N–H and O–H groups in total. The molecule has 2 saturated carbocycles. The SMILES string of the molecule is CC1CCN(C2CC(O)CCC23CCCC3)CC1. The lowest BCUT2D eigenvalue weighted by atomic mass is 9.67. The summed E-state index contributed by atoms with van der Waals surface area (Å²) < 4.78 is 0. The first-order chi connectivity index (χ1) is 8.70. The summed E-state index contributed by atoms with van der Waals surface area (Å²) in [5, 5.41) is 10.1. The molecule has 0 radical (unpaired) electrons. The molecule has 1 saturated heterocycles. The van der Waals surface area contributed by atoms with Crippen LogP contribution < -0.4 is 0 Å². The fourth-order valence-electron chi connectivity index (χ4n) is 4.79. The second kappa shape index (κ2) is 5.13. The summed E-state index contributed by atoms with van der Waals surface area (Å²) in [4.78, 5) is 2.74. The van der Waals surface area contributed by atoms with Crippen LogP contribution in [0.5, 0.6) is 0 Å². The first kappa shape index (κ1) is 12.9. The summed E-state index contributed by atoms with van der Waals surface area (Å²) in [6, 6.07) is 0.691. The number of aliphatic hydroxyl groups is 1. The number of hydrogen-bond acceptors (Lipinski definition) is 2. The Morgan fingerprint density at radius 2 is 1.67 bits per heavy atom. The third-order valence-corrected chi connectivity index (χ3v) is 6.04. The zero-order valence-corrected chi connectivity index (χ0v) is 11.9. The average Bonchev–Trinajstić information content (AvgIpc) is 2.83. The quantitative estimate of drug-likeness (QED) is 0.773. The number of rotatable bonds is 1. The highest BCUT2D eigenvalue weighted by atomic mass is 16.3. The van der Waals surface area contributed by atoms with Crippen LogP contribution in [-0.2, 0) is 0 Å². The fraction of sp³-hybridized carbons (Fsp3) is 1.00. The standard InChI is InChI=1S/C16H29NO/c1-13-5-10-17(11-6-13)15-12-14(18)4-9-16(15)7-2-3-8-16/h13-15,18H,2-12H2,1H3. The van der Waals surface area contributed by atoms with Gasteiger partial charge in [-0.05, 0) is 69.4 Å². The molecule has 0 aromatic carbocycles. The smallest absolute Gasteiger partial charge is 0.0555 e. The zero-order chi connectivity index (χ0) is 12.6. The molecule has 2 heteroatoms. The predicted octanol–water partition coefficient (Wildman–Crippen LogP) is 3.19. The maximum atomic E-state index is 10.1. The zero-order valence-electron chi connectivity index (χ0n) is 11.9. The van der Waals surface area contributed by atoms with Crippen LogP contribution in [0.3, 0.4) is 0 Å². The molecule has 104 valence electrons. The lowest BCUT2D eigenvalue weighted by Gasteiger charge is -2.50. The van der Waals surface area contributed by atoms with Crippen molar-refractivity contribution in [1.82, 2.24) is 4.90 Å². The van der Waals surface area contributed by atoms with E-state index < -0.39 is 0 Å². The molecule has 0 amide bonds. The van der Waals surface area contributed by atoms with Gasteiger partial charge in [-0.25, -0.2) is 0 Å². The van der Waals surface area contributed by atoms with E-state index in [4.69, 9.17) is 0 Å². The Morgan fingerprint density at radius 3 is 2.33 bits per heavy atom. The van der Waals surface area contributed by atoms with Gasteiger partial charge in [0.15, 0.2) is 0 Å². The van der Waals surface area contributed by atoms with Gasteiger partial charge in [-0.2, -0.15) is 0 Å². The predicted molar refractivity (Wildman–Crippen MR) is 74.5 cm³/mol. The Labute approximate surface area is 112 Å². The molecule has 3 aliphatic rings. The van der Waals surface area contributed by atoms with Gasteiger partial charge in [0.2, 0.25) is 0 Å². The largest absolute Gasteiger partial charge is 0.393 e. The highest BCUT2D eigenvalue weighted by Crippen LogP contribution is 2.51. The normalized spacial score (nSPS) is 38.3. The molecule has 1 heterocycles. The van der Waals surface area contributed by atoms with Crippen molar-refractivity contribution in [3.63, 3.8) is 0 Å². The molecule has 18 heavy (non-hydrogen) atoms. The van der Waals surface area contributed by atoms with Crippen molar-refractivity contribution in [1.29, 1.82) is 0 Å². The van der Waals surface area contributed by atoms with E-state index in [1.165, 1.54) is 58.0 Å². The van der Waals surface area contributed by atoms with Crippen molar-refractivity contribution >= 4 is 0 Å². The summed E-state index contributed by atoms with van der Waals surface area (Å²) in [6.07, 6.45) is 11.8. The van der Waals surface area contributed by atoms with E-state index in [-0.39, 0.29) is 6.10 Å². The monoisotopic (exact) mass is 251 g/mol. The van der Waals surface area contributed by atoms with E-state index >= 15 is 0 Å². The molecule has 1 aliphatic heterocycles. The van der Waals surface area contributed by atoms with E-state index in [2.05, 4.69) is 11.8 Å². The van der Waals surface area contributed by atoms with Gasteiger partial charge in [0.25, 0.3) is 0 Å². The maximum Gasteiger partial charge on any atom is 0.0555 e. The Bertz CT molecular complexity index is 277. The highest BCUT2D eigenvalue weighted by molar-refractivity contribution is 5.00. The van der Waals surface area contributed by atoms with E-state index in [1.54, 1.807) is 0 Å².